The van der Waals surface area contributed by atoms with E-state index in [1.807, 2.05) is 78.0 Å². The van der Waals surface area contributed by atoms with E-state index in [9.17, 15) is 24.0 Å². The second-order valence-corrected chi connectivity index (χ2v) is 19.5. The number of carbonyl (C=O) groups is 5. The van der Waals surface area contributed by atoms with Crippen LogP contribution >= 0.6 is 0 Å². The Morgan fingerprint density at radius 3 is 1.40 bits per heavy atom. The molecule has 0 aromatic heterocycles. The molecular weight excluding hydrogens is 1070 g/mol. The maximum absolute atomic E-state index is 14.8. The summed E-state index contributed by atoms with van der Waals surface area (Å²) in [5, 5.41) is 3.29. The summed E-state index contributed by atoms with van der Waals surface area (Å²) in [7, 11) is 0. The molecule has 0 unspecified atom stereocenters. The number of fused-ring (bicyclic) bond motifs is 2. The highest BCUT2D eigenvalue weighted by molar-refractivity contribution is 6.16. The predicted molar refractivity (Wildman–Crippen MR) is 357 cm³/mol. The van der Waals surface area contributed by atoms with Crippen LogP contribution < -0.4 is 24.4 Å². The lowest BCUT2D eigenvalue weighted by atomic mass is 9.87. The van der Waals surface area contributed by atoms with E-state index in [0.29, 0.717) is 11.1 Å². The molecule has 0 saturated heterocycles. The van der Waals surface area contributed by atoms with Gasteiger partial charge in [-0.2, -0.15) is 0 Å². The van der Waals surface area contributed by atoms with Gasteiger partial charge in [-0.15, -0.1) is 43.5 Å². The predicted octanol–water partition coefficient (Wildman–Crippen LogP) is 18.2. The number of ether oxygens (including phenoxy) is 3. The lowest BCUT2D eigenvalue weighted by Crippen LogP contribution is -2.31. The highest BCUT2D eigenvalue weighted by Crippen LogP contribution is 2.47. The number of ketones is 1. The zero-order valence-electron chi connectivity index (χ0n) is 50.2. The van der Waals surface area contributed by atoms with Crippen molar-refractivity contribution in [3.8, 4) is 78.5 Å². The van der Waals surface area contributed by atoms with Gasteiger partial charge in [0.05, 0.1) is 33.6 Å². The lowest BCUT2D eigenvalue weighted by Gasteiger charge is -2.24. The second kappa shape index (κ2) is 41.6. The Balaban J connectivity index is 0.00000215. The molecule has 0 radical (unpaired) electrons. The van der Waals surface area contributed by atoms with Crippen LogP contribution in [0.2, 0.25) is 0 Å². The number of esters is 3. The number of carbonyl (C=O) groups excluding carboxylic acids is 5. The first-order chi connectivity index (χ1) is 40.3. The van der Waals surface area contributed by atoms with Gasteiger partial charge in [0.25, 0.3) is 5.91 Å². The molecule has 0 spiro atoms. The molecule has 86 heavy (non-hydrogen) atoms. The van der Waals surface area contributed by atoms with Gasteiger partial charge in [-0.05, 0) is 141 Å². The number of nitrogens with zero attached hydrogens (tertiary/aromatic N) is 1. The van der Waals surface area contributed by atoms with Crippen LogP contribution in [0.5, 0.6) is 17.2 Å². The van der Waals surface area contributed by atoms with Crippen molar-refractivity contribution < 1.29 is 38.2 Å². The first-order valence-corrected chi connectivity index (χ1v) is 27.0. The van der Waals surface area contributed by atoms with Gasteiger partial charge < -0.3 is 24.4 Å². The quantitative estimate of drug-likeness (QED) is 0.0351. The van der Waals surface area contributed by atoms with Crippen LogP contribution in [0.1, 0.15) is 168 Å². The largest absolute Gasteiger partial charge is 0.423 e. The number of para-hydroxylation sites is 1. The highest BCUT2D eigenvalue weighted by Gasteiger charge is 2.33. The molecular formula is C76H84N2O8. The zero-order valence-corrected chi connectivity index (χ0v) is 50.2. The van der Waals surface area contributed by atoms with E-state index < -0.39 is 23.8 Å². The zero-order chi connectivity index (χ0) is 62.5. The molecule has 6 aromatic carbocycles. The van der Waals surface area contributed by atoms with Crippen LogP contribution in [0.15, 0.2) is 187 Å². The molecule has 7 rings (SSSR count). The molecule has 6 aromatic rings. The van der Waals surface area contributed by atoms with E-state index in [2.05, 4.69) is 93.0 Å². The molecule has 1 aliphatic rings. The average Bonchev–Trinajstić information content (AvgIpc) is 1.83. The fraction of sp³-hybridized carbons (Fsp3) is 0.250. The molecule has 0 fully saturated rings. The van der Waals surface area contributed by atoms with E-state index in [1.165, 1.54) is 22.1 Å². The highest BCUT2D eigenvalue weighted by atomic mass is 16.5. The number of benzene rings is 6. The number of terminal acetylenes is 3. The molecule has 10 heteroatoms. The van der Waals surface area contributed by atoms with Gasteiger partial charge in [-0.1, -0.05) is 167 Å². The summed E-state index contributed by atoms with van der Waals surface area (Å²) in [4.78, 5) is 68.3. The van der Waals surface area contributed by atoms with Crippen LogP contribution in [0.3, 0.4) is 0 Å². The van der Waals surface area contributed by atoms with Crippen molar-refractivity contribution in [3.05, 3.63) is 214 Å². The second-order valence-electron chi connectivity index (χ2n) is 19.5. The van der Waals surface area contributed by atoms with Gasteiger partial charge in [0.15, 0.2) is 17.3 Å². The number of amides is 1. The van der Waals surface area contributed by atoms with Crippen LogP contribution in [0.25, 0.3) is 0 Å². The van der Waals surface area contributed by atoms with Crippen LogP contribution in [0, 0.1) is 66.6 Å². The topological polar surface area (TPSA) is 128 Å². The van der Waals surface area contributed by atoms with E-state index in [0.717, 1.165) is 36.8 Å². The van der Waals surface area contributed by atoms with Gasteiger partial charge in [0, 0.05) is 29.7 Å². The Morgan fingerprint density at radius 2 is 0.977 bits per heavy atom. The maximum atomic E-state index is 14.8. The molecule has 446 valence electrons. The number of hydrogen-bond acceptors (Lipinski definition) is 9. The standard InChI is InChI=1S/C49H46N2O7.C11H14O.C5H4.C4H6.C3H4.C2H2.2CH4/c1-33(2)17-14-18-34(3)19-15-20-35(4)29-30-51-41-31-39(56-47(53)36-21-8-5-9-22-36)32-43(58-49(55)38-25-12-7-13-26-38)45(41)50-44-40(46(51)52)27-16-28-42(44)57-48(54)37-23-10-6-11-24-37;1-11(2,3)10(12)9-7-5-4-6-8-9;1-3-5-4-2;1-3-4-2;1-3-2;1-2;;/h5-13,16-17,19,21-29,31-32,50H,14-15,18,20,30H2,1-4H3;4-8H,1-3H3;1H,2H3;1-2H3;1H,2H3;1-2H;2*1H4/b34-19+,35-29+;;;;;;;. The number of rotatable bonds is 15. The summed E-state index contributed by atoms with van der Waals surface area (Å²) in [6.45, 7) is 21.3. The van der Waals surface area contributed by atoms with Gasteiger partial charge in [0.2, 0.25) is 0 Å². The summed E-state index contributed by atoms with van der Waals surface area (Å²) in [5.74, 6) is 12.6. The molecule has 0 atom stereocenters. The molecule has 1 N–H and O–H groups in total. The van der Waals surface area contributed by atoms with Crippen molar-refractivity contribution in [2.24, 2.45) is 5.41 Å². The van der Waals surface area contributed by atoms with E-state index >= 15 is 0 Å². The number of anilines is 3. The summed E-state index contributed by atoms with van der Waals surface area (Å²) in [6.07, 6.45) is 27.4. The summed E-state index contributed by atoms with van der Waals surface area (Å²) < 4.78 is 17.8. The lowest BCUT2D eigenvalue weighted by molar-refractivity contribution is 0.0721. The third-order valence-electron chi connectivity index (χ3n) is 11.7. The van der Waals surface area contributed by atoms with Crippen molar-refractivity contribution in [1.29, 1.82) is 0 Å². The Morgan fingerprint density at radius 1 is 0.547 bits per heavy atom. The first kappa shape index (κ1) is 75.7. The van der Waals surface area contributed by atoms with Gasteiger partial charge in [-0.25, -0.2) is 14.4 Å². The van der Waals surface area contributed by atoms with Crippen LogP contribution in [0.4, 0.5) is 17.1 Å². The monoisotopic (exact) mass is 1150 g/mol. The fourth-order valence-electron chi connectivity index (χ4n) is 7.43. The molecule has 1 heterocycles. The molecule has 0 bridgehead atoms. The third kappa shape index (κ3) is 26.3. The minimum Gasteiger partial charge on any atom is -0.423 e. The Kier molecular flexibility index (Phi) is 36.6. The number of allylic oxidation sites excluding steroid dienone is 5. The number of Topliss-reactive ketones (excluding diaryl/α,β-unsaturated/α-hetero) is 1. The average molecular weight is 1150 g/mol. The summed E-state index contributed by atoms with van der Waals surface area (Å²) in [5.41, 5.74) is 6.02. The smallest absolute Gasteiger partial charge is 0.343 e. The van der Waals surface area contributed by atoms with Crippen LogP contribution in [-0.2, 0) is 0 Å². The van der Waals surface area contributed by atoms with Crippen molar-refractivity contribution in [2.45, 2.75) is 117 Å². The van der Waals surface area contributed by atoms with E-state index in [1.54, 1.807) is 129 Å². The Hall–Kier alpha value is -10.3. The number of nitrogens with one attached hydrogen (secondary N) is 1. The molecule has 0 aliphatic carbocycles. The van der Waals surface area contributed by atoms with E-state index in [-0.39, 0.29) is 78.0 Å². The SMILES string of the molecule is C.C.C#C.C#CC.C#CC#CC.CC#CC.CC(C)(C)C(=O)c1ccccc1.CC(C)=CCC/C(C)=C/CC/C(C)=C/CN1C(=O)c2cccc(OC(=O)c3ccccc3)c2Nc2c(OC(=O)c3ccccc3)cc(OC(=O)c3ccccc3)cc21. The minimum absolute atomic E-state index is 0. The maximum Gasteiger partial charge on any atom is 0.343 e. The van der Waals surface area contributed by atoms with E-state index in [4.69, 9.17) is 20.6 Å². The molecule has 1 aliphatic heterocycles. The summed E-state index contributed by atoms with van der Waals surface area (Å²) in [6, 6.07) is 42.7. The molecule has 0 saturated carbocycles. The third-order valence-corrected chi connectivity index (χ3v) is 11.7. The number of hydrogen-bond donors (Lipinski definition) is 1. The van der Waals surface area contributed by atoms with Crippen molar-refractivity contribution in [3.63, 3.8) is 0 Å². The van der Waals surface area contributed by atoms with Crippen LogP contribution in [-0.4, -0.2) is 36.1 Å². The fourth-order valence-corrected chi connectivity index (χ4v) is 7.43. The Bertz CT molecular complexity index is 3450. The first-order valence-electron chi connectivity index (χ1n) is 27.0. The summed E-state index contributed by atoms with van der Waals surface area (Å²) >= 11 is 0. The minimum atomic E-state index is -0.679. The molecule has 10 nitrogen and oxygen atoms in total. The van der Waals surface area contributed by atoms with Crippen molar-refractivity contribution in [2.75, 3.05) is 16.8 Å². The Labute approximate surface area is 514 Å². The molecule has 1 amide bonds. The van der Waals surface area contributed by atoms with Gasteiger partial charge >= 0.3 is 17.9 Å². The van der Waals surface area contributed by atoms with Crippen molar-refractivity contribution >= 4 is 46.7 Å². The van der Waals surface area contributed by atoms with Crippen molar-refractivity contribution in [1.82, 2.24) is 0 Å². The van der Waals surface area contributed by atoms with Gasteiger partial charge in [-0.3, -0.25) is 9.59 Å². The normalized spacial score (nSPS) is 10.4. The van der Waals surface area contributed by atoms with Gasteiger partial charge in [0.1, 0.15) is 11.4 Å².